The number of hydrogen-bond acceptors (Lipinski definition) is 5. The van der Waals surface area contributed by atoms with Crippen LogP contribution in [0.25, 0.3) is 11.0 Å². The van der Waals surface area contributed by atoms with Gasteiger partial charge in [-0.05, 0) is 42.7 Å². The molecule has 0 bridgehead atoms. The van der Waals surface area contributed by atoms with Gasteiger partial charge in [-0.15, -0.1) is 0 Å². The fourth-order valence-corrected chi connectivity index (χ4v) is 2.58. The quantitative estimate of drug-likeness (QED) is 0.594. The van der Waals surface area contributed by atoms with Gasteiger partial charge in [0, 0.05) is 12.5 Å². The summed E-state index contributed by atoms with van der Waals surface area (Å²) >= 11 is 0. The summed E-state index contributed by atoms with van der Waals surface area (Å²) in [4.78, 5) is 23.1. The van der Waals surface area contributed by atoms with E-state index in [-0.39, 0.29) is 24.2 Å². The highest BCUT2D eigenvalue weighted by molar-refractivity contribution is 5.79. The molecule has 0 aliphatic rings. The number of hydrogen-bond donors (Lipinski definition) is 1. The molecule has 0 aliphatic carbocycles. The SMILES string of the molecule is CCc1ccc(Oc2coc3cc(OCCCC(=O)O)ccc3c2=O)cc1. The van der Waals surface area contributed by atoms with Gasteiger partial charge in [0.25, 0.3) is 0 Å². The first-order valence-corrected chi connectivity index (χ1v) is 8.74. The van der Waals surface area contributed by atoms with E-state index in [1.807, 2.05) is 24.3 Å². The summed E-state index contributed by atoms with van der Waals surface area (Å²) in [6.45, 7) is 2.34. The minimum atomic E-state index is -0.861. The largest absolute Gasteiger partial charge is 0.493 e. The summed E-state index contributed by atoms with van der Waals surface area (Å²) < 4.78 is 16.7. The lowest BCUT2D eigenvalue weighted by Crippen LogP contribution is -2.05. The van der Waals surface area contributed by atoms with E-state index in [1.165, 1.54) is 11.8 Å². The van der Waals surface area contributed by atoms with Crippen LogP contribution in [-0.2, 0) is 11.2 Å². The van der Waals surface area contributed by atoms with E-state index in [4.69, 9.17) is 19.0 Å². The molecule has 0 saturated heterocycles. The minimum absolute atomic E-state index is 0.0442. The fourth-order valence-electron chi connectivity index (χ4n) is 2.58. The van der Waals surface area contributed by atoms with E-state index in [2.05, 4.69) is 6.92 Å². The normalized spacial score (nSPS) is 10.7. The third-order valence-corrected chi connectivity index (χ3v) is 4.08. The van der Waals surface area contributed by atoms with Gasteiger partial charge in [-0.25, -0.2) is 0 Å². The molecule has 0 aliphatic heterocycles. The van der Waals surface area contributed by atoms with Crippen molar-refractivity contribution in [3.8, 4) is 17.2 Å². The van der Waals surface area contributed by atoms with Gasteiger partial charge in [0.2, 0.25) is 11.2 Å². The molecule has 3 rings (SSSR count). The molecule has 0 unspecified atom stereocenters. The van der Waals surface area contributed by atoms with Crippen molar-refractivity contribution in [1.29, 1.82) is 0 Å². The molecular formula is C21H20O6. The van der Waals surface area contributed by atoms with Crippen molar-refractivity contribution in [2.24, 2.45) is 0 Å². The fraction of sp³-hybridized carbons (Fsp3) is 0.238. The second kappa shape index (κ2) is 8.40. The van der Waals surface area contributed by atoms with Gasteiger partial charge in [-0.1, -0.05) is 19.1 Å². The highest BCUT2D eigenvalue weighted by Crippen LogP contribution is 2.24. The molecule has 0 spiro atoms. The topological polar surface area (TPSA) is 86.0 Å². The number of carbonyl (C=O) groups is 1. The third-order valence-electron chi connectivity index (χ3n) is 4.08. The van der Waals surface area contributed by atoms with Gasteiger partial charge in [-0.3, -0.25) is 9.59 Å². The van der Waals surface area contributed by atoms with Crippen molar-refractivity contribution >= 4 is 16.9 Å². The Balaban J connectivity index is 1.75. The molecule has 6 nitrogen and oxygen atoms in total. The number of ether oxygens (including phenoxy) is 2. The first kappa shape index (κ1) is 18.5. The summed E-state index contributed by atoms with van der Waals surface area (Å²) in [6.07, 6.45) is 2.66. The van der Waals surface area contributed by atoms with Gasteiger partial charge in [0.1, 0.15) is 23.3 Å². The predicted molar refractivity (Wildman–Crippen MR) is 101 cm³/mol. The first-order chi connectivity index (χ1) is 13.1. The predicted octanol–water partition coefficient (Wildman–Crippen LogP) is 4.39. The number of carboxylic acid groups (broad SMARTS) is 1. The average Bonchev–Trinajstić information content (AvgIpc) is 2.68. The lowest BCUT2D eigenvalue weighted by Gasteiger charge is -2.08. The molecule has 140 valence electrons. The summed E-state index contributed by atoms with van der Waals surface area (Å²) in [5.74, 6) is 0.332. The molecule has 1 aromatic heterocycles. The average molecular weight is 368 g/mol. The smallest absolute Gasteiger partial charge is 0.303 e. The van der Waals surface area contributed by atoms with Crippen molar-refractivity contribution < 1.29 is 23.8 Å². The van der Waals surface area contributed by atoms with Crippen molar-refractivity contribution in [1.82, 2.24) is 0 Å². The Morgan fingerprint density at radius 3 is 2.56 bits per heavy atom. The molecule has 0 amide bonds. The van der Waals surface area contributed by atoms with E-state index in [9.17, 15) is 9.59 Å². The standard InChI is InChI=1S/C21H20O6/c1-2-14-5-7-15(8-6-14)27-19-13-26-18-12-16(9-10-17(18)21(19)24)25-11-3-4-20(22)23/h5-10,12-13H,2-4,11H2,1H3,(H,22,23). The molecule has 0 saturated carbocycles. The molecule has 1 heterocycles. The van der Waals surface area contributed by atoms with E-state index in [0.29, 0.717) is 28.9 Å². The molecule has 6 heteroatoms. The van der Waals surface area contributed by atoms with Crippen LogP contribution in [0.15, 0.2) is 57.9 Å². The van der Waals surface area contributed by atoms with Crippen LogP contribution >= 0.6 is 0 Å². The number of fused-ring (bicyclic) bond motifs is 1. The Hall–Kier alpha value is -3.28. The number of aliphatic carboxylic acids is 1. The van der Waals surface area contributed by atoms with Gasteiger partial charge >= 0.3 is 5.97 Å². The lowest BCUT2D eigenvalue weighted by atomic mass is 10.2. The van der Waals surface area contributed by atoms with Crippen LogP contribution in [0.5, 0.6) is 17.2 Å². The Morgan fingerprint density at radius 1 is 1.11 bits per heavy atom. The Morgan fingerprint density at radius 2 is 1.85 bits per heavy atom. The lowest BCUT2D eigenvalue weighted by molar-refractivity contribution is -0.137. The molecular weight excluding hydrogens is 348 g/mol. The van der Waals surface area contributed by atoms with Crippen LogP contribution in [0.3, 0.4) is 0 Å². The van der Waals surface area contributed by atoms with Crippen molar-refractivity contribution in [2.75, 3.05) is 6.61 Å². The minimum Gasteiger partial charge on any atom is -0.493 e. The van der Waals surface area contributed by atoms with Crippen molar-refractivity contribution in [2.45, 2.75) is 26.2 Å². The first-order valence-electron chi connectivity index (χ1n) is 8.74. The van der Waals surface area contributed by atoms with Crippen LogP contribution in [0.4, 0.5) is 0 Å². The van der Waals surface area contributed by atoms with Crippen LogP contribution in [-0.4, -0.2) is 17.7 Å². The van der Waals surface area contributed by atoms with E-state index >= 15 is 0 Å². The van der Waals surface area contributed by atoms with E-state index in [0.717, 1.165) is 6.42 Å². The molecule has 2 aromatic carbocycles. The molecule has 0 fully saturated rings. The molecule has 0 atom stereocenters. The highest BCUT2D eigenvalue weighted by Gasteiger charge is 2.10. The molecule has 1 N–H and O–H groups in total. The van der Waals surface area contributed by atoms with Gasteiger partial charge in [0.05, 0.1) is 12.0 Å². The highest BCUT2D eigenvalue weighted by atomic mass is 16.5. The van der Waals surface area contributed by atoms with Crippen LogP contribution in [0.2, 0.25) is 0 Å². The molecule has 27 heavy (non-hydrogen) atoms. The summed E-state index contributed by atoms with van der Waals surface area (Å²) in [7, 11) is 0. The van der Waals surface area contributed by atoms with Gasteiger partial charge in [-0.2, -0.15) is 0 Å². The second-order valence-corrected chi connectivity index (χ2v) is 6.03. The van der Waals surface area contributed by atoms with Crippen LogP contribution in [0, 0.1) is 0 Å². The maximum absolute atomic E-state index is 12.6. The van der Waals surface area contributed by atoms with E-state index in [1.54, 1.807) is 18.2 Å². The summed E-state index contributed by atoms with van der Waals surface area (Å²) in [6, 6.07) is 12.4. The van der Waals surface area contributed by atoms with Gasteiger partial charge < -0.3 is 19.0 Å². The summed E-state index contributed by atoms with van der Waals surface area (Å²) in [5, 5.41) is 9.01. The maximum atomic E-state index is 12.6. The van der Waals surface area contributed by atoms with Crippen molar-refractivity contribution in [3.05, 3.63) is 64.5 Å². The zero-order chi connectivity index (χ0) is 19.2. The van der Waals surface area contributed by atoms with Crippen molar-refractivity contribution in [3.63, 3.8) is 0 Å². The van der Waals surface area contributed by atoms with Crippen LogP contribution in [0.1, 0.15) is 25.3 Å². The zero-order valence-corrected chi connectivity index (χ0v) is 14.9. The maximum Gasteiger partial charge on any atom is 0.303 e. The number of carboxylic acids is 1. The Bertz CT molecular complexity index is 988. The monoisotopic (exact) mass is 368 g/mol. The second-order valence-electron chi connectivity index (χ2n) is 6.03. The Kier molecular flexibility index (Phi) is 5.76. The number of aryl methyl sites for hydroxylation is 1. The number of benzene rings is 2. The van der Waals surface area contributed by atoms with E-state index < -0.39 is 5.97 Å². The molecule has 3 aromatic rings. The molecule has 0 radical (unpaired) electrons. The third kappa shape index (κ3) is 4.67. The number of rotatable bonds is 8. The summed E-state index contributed by atoms with van der Waals surface area (Å²) in [5.41, 5.74) is 1.29. The zero-order valence-electron chi connectivity index (χ0n) is 14.9. The Labute approximate surface area is 156 Å². The van der Waals surface area contributed by atoms with Crippen LogP contribution < -0.4 is 14.9 Å². The van der Waals surface area contributed by atoms with Gasteiger partial charge in [0.15, 0.2) is 0 Å².